The van der Waals surface area contributed by atoms with Crippen LogP contribution in [0.1, 0.15) is 17.5 Å². The molecule has 27 heavy (non-hydrogen) atoms. The molecule has 0 atom stereocenters. The van der Waals surface area contributed by atoms with E-state index in [9.17, 15) is 14.0 Å². The van der Waals surface area contributed by atoms with E-state index in [4.69, 9.17) is 11.6 Å². The molecule has 142 valence electrons. The lowest BCUT2D eigenvalue weighted by molar-refractivity contribution is -0.123. The molecule has 0 spiro atoms. The highest BCUT2D eigenvalue weighted by atomic mass is 35.5. The van der Waals surface area contributed by atoms with Crippen LogP contribution in [0.2, 0.25) is 5.02 Å². The predicted molar refractivity (Wildman–Crippen MR) is 105 cm³/mol. The minimum atomic E-state index is -0.324. The van der Waals surface area contributed by atoms with Crippen LogP contribution in [0.15, 0.2) is 36.4 Å². The summed E-state index contributed by atoms with van der Waals surface area (Å²) < 4.78 is 13.4. The number of amides is 2. The lowest BCUT2D eigenvalue weighted by Gasteiger charge is -2.30. The van der Waals surface area contributed by atoms with Crippen molar-refractivity contribution in [1.29, 1.82) is 0 Å². The maximum Gasteiger partial charge on any atom is 0.243 e. The number of benzene rings is 2. The first-order valence-corrected chi connectivity index (χ1v) is 9.17. The van der Waals surface area contributed by atoms with Gasteiger partial charge in [-0.25, -0.2) is 4.39 Å². The van der Waals surface area contributed by atoms with Crippen molar-refractivity contribution in [3.05, 3.63) is 58.4 Å². The second-order valence-electron chi connectivity index (χ2n) is 6.54. The fourth-order valence-electron chi connectivity index (χ4n) is 3.15. The molecule has 7 heteroatoms. The third kappa shape index (κ3) is 4.77. The number of nitrogens with one attached hydrogen (secondary N) is 2. The zero-order valence-electron chi connectivity index (χ0n) is 15.0. The number of carbonyl (C=O) groups excluding carboxylic acids is 2. The summed E-state index contributed by atoms with van der Waals surface area (Å²) in [6, 6.07) is 9.86. The molecule has 3 rings (SSSR count). The number of carbonyl (C=O) groups is 2. The molecule has 0 bridgehead atoms. The topological polar surface area (TPSA) is 61.4 Å². The number of hydrogen-bond donors (Lipinski definition) is 2. The second kappa shape index (κ2) is 8.39. The monoisotopic (exact) mass is 389 g/mol. The minimum Gasteiger partial charge on any atom is -0.362 e. The van der Waals surface area contributed by atoms with E-state index in [0.29, 0.717) is 10.7 Å². The number of fused-ring (bicyclic) bond motifs is 1. The van der Waals surface area contributed by atoms with Crippen LogP contribution in [-0.2, 0) is 16.0 Å². The number of aryl methyl sites for hydroxylation is 1. The van der Waals surface area contributed by atoms with Crippen LogP contribution in [0.4, 0.5) is 15.8 Å². The van der Waals surface area contributed by atoms with Crippen LogP contribution in [0.3, 0.4) is 0 Å². The fraction of sp³-hybridized carbons (Fsp3) is 0.300. The van der Waals surface area contributed by atoms with Crippen LogP contribution in [0, 0.1) is 12.7 Å². The lowest BCUT2D eigenvalue weighted by Crippen LogP contribution is -2.42. The molecule has 0 aromatic heterocycles. The van der Waals surface area contributed by atoms with Crippen molar-refractivity contribution >= 4 is 34.8 Å². The SMILES string of the molecule is Cc1c(Cl)cccc1NC(=O)CNC(=O)CN1CCCc2cc(F)ccc21. The van der Waals surface area contributed by atoms with Gasteiger partial charge in [-0.15, -0.1) is 0 Å². The summed E-state index contributed by atoms with van der Waals surface area (Å²) >= 11 is 6.03. The molecule has 1 aliphatic heterocycles. The van der Waals surface area contributed by atoms with Crippen LogP contribution in [-0.4, -0.2) is 31.4 Å². The average molecular weight is 390 g/mol. The maximum atomic E-state index is 13.4. The number of halogens is 2. The summed E-state index contributed by atoms with van der Waals surface area (Å²) in [6.07, 6.45) is 1.66. The molecule has 1 heterocycles. The van der Waals surface area contributed by atoms with Gasteiger partial charge in [-0.1, -0.05) is 17.7 Å². The van der Waals surface area contributed by atoms with Crippen LogP contribution < -0.4 is 15.5 Å². The normalized spacial score (nSPS) is 13.1. The van der Waals surface area contributed by atoms with E-state index in [-0.39, 0.29) is 30.7 Å². The summed E-state index contributed by atoms with van der Waals surface area (Å²) in [5, 5.41) is 5.93. The first-order valence-electron chi connectivity index (χ1n) is 8.79. The van der Waals surface area contributed by atoms with Crippen molar-refractivity contribution in [2.24, 2.45) is 0 Å². The smallest absolute Gasteiger partial charge is 0.243 e. The molecule has 0 aliphatic carbocycles. The first-order chi connectivity index (χ1) is 12.9. The van der Waals surface area contributed by atoms with Gasteiger partial charge < -0.3 is 15.5 Å². The molecule has 0 saturated heterocycles. The van der Waals surface area contributed by atoms with Crippen molar-refractivity contribution in [1.82, 2.24) is 5.32 Å². The fourth-order valence-corrected chi connectivity index (χ4v) is 3.33. The van der Waals surface area contributed by atoms with E-state index in [2.05, 4.69) is 10.6 Å². The quantitative estimate of drug-likeness (QED) is 0.824. The molecule has 1 aliphatic rings. The van der Waals surface area contributed by atoms with Crippen molar-refractivity contribution in [3.63, 3.8) is 0 Å². The summed E-state index contributed by atoms with van der Waals surface area (Å²) in [7, 11) is 0. The Hall–Kier alpha value is -2.60. The van der Waals surface area contributed by atoms with Gasteiger partial charge >= 0.3 is 0 Å². The van der Waals surface area contributed by atoms with Gasteiger partial charge in [0.2, 0.25) is 11.8 Å². The van der Waals surface area contributed by atoms with Crippen LogP contribution in [0.5, 0.6) is 0 Å². The summed E-state index contributed by atoms with van der Waals surface area (Å²) in [5.41, 5.74) is 3.17. The van der Waals surface area contributed by atoms with E-state index in [0.717, 1.165) is 36.2 Å². The Balaban J connectivity index is 1.53. The Labute approximate surface area is 162 Å². The van der Waals surface area contributed by atoms with Gasteiger partial charge in [-0.3, -0.25) is 9.59 Å². The highest BCUT2D eigenvalue weighted by Gasteiger charge is 2.20. The van der Waals surface area contributed by atoms with Gasteiger partial charge in [0.15, 0.2) is 0 Å². The molecule has 0 radical (unpaired) electrons. The van der Waals surface area contributed by atoms with Gasteiger partial charge in [0.25, 0.3) is 0 Å². The maximum absolute atomic E-state index is 13.4. The lowest BCUT2D eigenvalue weighted by atomic mass is 10.0. The number of hydrogen-bond acceptors (Lipinski definition) is 3. The summed E-state index contributed by atoms with van der Waals surface area (Å²) in [5.74, 6) is -0.854. The van der Waals surface area contributed by atoms with Gasteiger partial charge in [0.05, 0.1) is 13.1 Å². The molecule has 0 unspecified atom stereocenters. The molecular weight excluding hydrogens is 369 g/mol. The standard InChI is InChI=1S/C20H21ClFN3O2/c1-13-16(21)5-2-6-17(13)24-19(26)11-23-20(27)12-25-9-3-4-14-10-15(22)7-8-18(14)25/h2,5-8,10H,3-4,9,11-12H2,1H3,(H,23,27)(H,24,26). The Morgan fingerprint density at radius 2 is 2.04 bits per heavy atom. The molecule has 2 aromatic carbocycles. The van der Waals surface area contributed by atoms with Gasteiger partial charge in [0.1, 0.15) is 5.82 Å². The van der Waals surface area contributed by atoms with Crippen LogP contribution in [0.25, 0.3) is 0 Å². The average Bonchev–Trinajstić information content (AvgIpc) is 2.64. The Morgan fingerprint density at radius 1 is 1.22 bits per heavy atom. The highest BCUT2D eigenvalue weighted by molar-refractivity contribution is 6.31. The molecule has 0 fully saturated rings. The van der Waals surface area contributed by atoms with Crippen LogP contribution >= 0.6 is 11.6 Å². The molecule has 5 nitrogen and oxygen atoms in total. The zero-order valence-corrected chi connectivity index (χ0v) is 15.8. The van der Waals surface area contributed by atoms with Crippen molar-refractivity contribution in [2.45, 2.75) is 19.8 Å². The van der Waals surface area contributed by atoms with Crippen molar-refractivity contribution in [3.8, 4) is 0 Å². The van der Waals surface area contributed by atoms with Gasteiger partial charge in [0, 0.05) is 22.9 Å². The number of nitrogens with zero attached hydrogens (tertiary/aromatic N) is 1. The summed E-state index contributed by atoms with van der Waals surface area (Å²) in [4.78, 5) is 26.2. The third-order valence-electron chi connectivity index (χ3n) is 4.58. The van der Waals surface area contributed by atoms with E-state index >= 15 is 0 Å². The van der Waals surface area contributed by atoms with E-state index in [1.165, 1.54) is 12.1 Å². The van der Waals surface area contributed by atoms with Gasteiger partial charge in [-0.2, -0.15) is 0 Å². The highest BCUT2D eigenvalue weighted by Crippen LogP contribution is 2.27. The number of rotatable bonds is 5. The van der Waals surface area contributed by atoms with Gasteiger partial charge in [-0.05, 0) is 61.2 Å². The Bertz CT molecular complexity index is 872. The molecule has 2 amide bonds. The minimum absolute atomic E-state index is 0.127. The molecule has 2 N–H and O–H groups in total. The first kappa shape index (κ1) is 19.2. The number of anilines is 2. The summed E-state index contributed by atoms with van der Waals surface area (Å²) in [6.45, 7) is 2.53. The van der Waals surface area contributed by atoms with Crippen molar-refractivity contribution in [2.75, 3.05) is 29.9 Å². The largest absolute Gasteiger partial charge is 0.362 e. The predicted octanol–water partition coefficient (Wildman–Crippen LogP) is 3.30. The molecule has 2 aromatic rings. The second-order valence-corrected chi connectivity index (χ2v) is 6.94. The van der Waals surface area contributed by atoms with E-state index in [1.54, 1.807) is 24.3 Å². The zero-order chi connectivity index (χ0) is 19.4. The Kier molecular flexibility index (Phi) is 5.96. The van der Waals surface area contributed by atoms with Crippen molar-refractivity contribution < 1.29 is 14.0 Å². The van der Waals surface area contributed by atoms with E-state index < -0.39 is 0 Å². The molecule has 0 saturated carbocycles. The third-order valence-corrected chi connectivity index (χ3v) is 4.99. The van der Waals surface area contributed by atoms with E-state index in [1.807, 2.05) is 11.8 Å². The Morgan fingerprint density at radius 3 is 2.85 bits per heavy atom. The molecular formula is C20H21ClFN3O2.